The number of hydrazine groups is 1. The maximum absolute atomic E-state index is 2.90. The highest BCUT2D eigenvalue weighted by Crippen LogP contribution is 2.35. The van der Waals surface area contributed by atoms with Gasteiger partial charge in [-0.1, -0.05) is 0 Å². The van der Waals surface area contributed by atoms with Crippen LogP contribution in [-0.4, -0.2) is 0 Å². The molecule has 0 saturated carbocycles. The molecule has 4 heavy (non-hydrogen) atoms. The van der Waals surface area contributed by atoms with Gasteiger partial charge in [0.15, 0.2) is 0 Å². The zero-order chi connectivity index (χ0) is 2.83. The Morgan fingerprint density at radius 2 is 1.25 bits per heavy atom. The summed E-state index contributed by atoms with van der Waals surface area (Å²) in [6.07, 6.45) is 0. The van der Waals surface area contributed by atoms with Crippen molar-refractivity contribution in [3.8, 4) is 0 Å². The second-order valence-electron chi connectivity index (χ2n) is 0.500. The second-order valence-corrected chi connectivity index (χ2v) is 3.00. The van der Waals surface area contributed by atoms with Crippen molar-refractivity contribution in [2.45, 2.75) is 0 Å². The zero-order valence-corrected chi connectivity index (χ0v) is 4.00. The first-order chi connectivity index (χ1) is 2.00. The molecule has 0 radical (unpaired) electrons. The molecule has 4 heteroatoms. The van der Waals surface area contributed by atoms with Crippen molar-refractivity contribution in [1.29, 1.82) is 0 Å². The van der Waals surface area contributed by atoms with E-state index >= 15 is 0 Å². The van der Waals surface area contributed by atoms with E-state index in [1.54, 1.807) is 0 Å². The van der Waals surface area contributed by atoms with Crippen LogP contribution in [0, 0.1) is 0 Å². The molecule has 1 aliphatic heterocycles. The van der Waals surface area contributed by atoms with E-state index in [0.29, 0.717) is 0 Å². The number of hydrogen-bond donors (Lipinski definition) is 2. The molecule has 2 N–H and O–H groups in total. The lowest BCUT2D eigenvalue weighted by molar-refractivity contribution is 0.971. The van der Waals surface area contributed by atoms with E-state index in [1.807, 2.05) is 0 Å². The van der Waals surface area contributed by atoms with Gasteiger partial charge in [0.1, 0.15) is 0 Å². The van der Waals surface area contributed by atoms with Gasteiger partial charge in [-0.15, -0.1) is 0 Å². The van der Waals surface area contributed by atoms with E-state index in [0.717, 1.165) is 16.8 Å². The van der Waals surface area contributed by atoms with Gasteiger partial charge in [0.25, 0.3) is 0 Å². The molecule has 24 valence electrons. The van der Waals surface area contributed by atoms with Crippen LogP contribution >= 0.6 is 16.8 Å². The predicted molar refractivity (Wildman–Crippen MR) is 22.9 cm³/mol. The summed E-state index contributed by atoms with van der Waals surface area (Å²) >= 11 is 0. The fraction of sp³-hybridized carbons (Fsp3) is 0. The summed E-state index contributed by atoms with van der Waals surface area (Å²) < 4.78 is 0. The molecular formula is H4N2P2. The topological polar surface area (TPSA) is 24.1 Å². The zero-order valence-electron chi connectivity index (χ0n) is 2.00. The molecule has 1 rings (SSSR count). The SMILES string of the molecule is N1NPP1. The summed E-state index contributed by atoms with van der Waals surface area (Å²) in [5.74, 6) is 0. The third-order valence-electron chi connectivity index (χ3n) is 0.250. The molecular weight excluding hydrogens is 90.0 g/mol. The van der Waals surface area contributed by atoms with Crippen LogP contribution in [0.1, 0.15) is 0 Å². The molecule has 0 aromatic heterocycles. The van der Waals surface area contributed by atoms with Crippen LogP contribution in [0.25, 0.3) is 0 Å². The largest absolute Gasteiger partial charge is 0.230 e. The van der Waals surface area contributed by atoms with Crippen molar-refractivity contribution >= 4 is 16.8 Å². The maximum atomic E-state index is 2.90. The second kappa shape index (κ2) is 1.28. The third kappa shape index (κ3) is 0.386. The van der Waals surface area contributed by atoms with Gasteiger partial charge < -0.3 is 0 Å². The fourth-order valence-electron chi connectivity index (χ4n) is 0.0625. The van der Waals surface area contributed by atoms with Crippen molar-refractivity contribution in [3.63, 3.8) is 0 Å². The van der Waals surface area contributed by atoms with Crippen LogP contribution < -0.4 is 10.4 Å². The van der Waals surface area contributed by atoms with Crippen molar-refractivity contribution in [1.82, 2.24) is 10.4 Å². The summed E-state index contributed by atoms with van der Waals surface area (Å²) in [6, 6.07) is 0. The summed E-state index contributed by atoms with van der Waals surface area (Å²) in [4.78, 5) is 0. The highest BCUT2D eigenvalue weighted by molar-refractivity contribution is 8.12. The van der Waals surface area contributed by atoms with Crippen LogP contribution in [0.5, 0.6) is 0 Å². The maximum Gasteiger partial charge on any atom is 0.00138 e. The van der Waals surface area contributed by atoms with E-state index in [2.05, 4.69) is 10.4 Å². The van der Waals surface area contributed by atoms with Crippen molar-refractivity contribution in [2.75, 3.05) is 0 Å². The Kier molecular flexibility index (Phi) is 0.955. The summed E-state index contributed by atoms with van der Waals surface area (Å²) in [6.45, 7) is 0. The standard InChI is InChI=1S/H4N2P2/c1-2-4-3-1/h1-4H. The van der Waals surface area contributed by atoms with Gasteiger partial charge in [-0.05, 0) is 0 Å². The first-order valence-corrected chi connectivity index (χ1v) is 4.00. The normalized spacial score (nSPS) is 36.0. The number of hydrogen-bond acceptors (Lipinski definition) is 2. The molecule has 2 atom stereocenters. The van der Waals surface area contributed by atoms with Gasteiger partial charge in [0.2, 0.25) is 0 Å². The van der Waals surface area contributed by atoms with Crippen LogP contribution in [-0.2, 0) is 0 Å². The molecule has 0 aliphatic carbocycles. The highest BCUT2D eigenvalue weighted by atomic mass is 32.0. The highest BCUT2D eigenvalue weighted by Gasteiger charge is 1.89. The first-order valence-electron chi connectivity index (χ1n) is 1.00. The molecule has 1 fully saturated rings. The minimum Gasteiger partial charge on any atom is -0.230 e. The summed E-state index contributed by atoms with van der Waals surface area (Å²) in [7, 11) is 1.98. The molecule has 1 saturated heterocycles. The third-order valence-corrected chi connectivity index (χ3v) is 2.25. The quantitative estimate of drug-likeness (QED) is 0.419. The minimum atomic E-state index is 0.988. The lowest BCUT2D eigenvalue weighted by Crippen LogP contribution is -2.19. The van der Waals surface area contributed by atoms with Gasteiger partial charge in [-0.2, -0.15) is 0 Å². The Hall–Kier alpha value is 0.780. The Morgan fingerprint density at radius 3 is 1.25 bits per heavy atom. The van der Waals surface area contributed by atoms with Crippen molar-refractivity contribution in [2.24, 2.45) is 0 Å². The van der Waals surface area contributed by atoms with Gasteiger partial charge in [-0.3, -0.25) is 0 Å². The summed E-state index contributed by atoms with van der Waals surface area (Å²) in [5, 5.41) is 5.80. The lowest BCUT2D eigenvalue weighted by Gasteiger charge is -2.12. The Balaban J connectivity index is 2.00. The van der Waals surface area contributed by atoms with E-state index in [1.165, 1.54) is 0 Å². The molecule has 1 heterocycles. The van der Waals surface area contributed by atoms with Gasteiger partial charge in [-0.25, -0.2) is 10.4 Å². The van der Waals surface area contributed by atoms with Gasteiger partial charge >= 0.3 is 0 Å². The average Bonchev–Trinajstić information content (AvgIpc) is 0.722. The Bertz CT molecular complexity index is 12.0. The smallest absolute Gasteiger partial charge is 0.00138 e. The van der Waals surface area contributed by atoms with Crippen molar-refractivity contribution < 1.29 is 0 Å². The molecule has 1 aliphatic rings. The average molecular weight is 94.0 g/mol. The van der Waals surface area contributed by atoms with Gasteiger partial charge in [0.05, 0.1) is 0 Å². The molecule has 0 bridgehead atoms. The van der Waals surface area contributed by atoms with E-state index in [9.17, 15) is 0 Å². The fourth-order valence-corrected chi connectivity index (χ4v) is 0.562. The van der Waals surface area contributed by atoms with Crippen LogP contribution in [0.15, 0.2) is 0 Å². The Labute approximate surface area is 28.3 Å². The lowest BCUT2D eigenvalue weighted by atomic mass is 12.9. The van der Waals surface area contributed by atoms with Gasteiger partial charge in [0, 0.05) is 16.8 Å². The Morgan fingerprint density at radius 1 is 1.00 bits per heavy atom. The molecule has 0 amide bonds. The number of nitrogens with one attached hydrogen (secondary N) is 2. The molecule has 0 spiro atoms. The monoisotopic (exact) mass is 94.0 g/mol. The number of rotatable bonds is 0. The van der Waals surface area contributed by atoms with E-state index < -0.39 is 0 Å². The van der Waals surface area contributed by atoms with Crippen LogP contribution in [0.3, 0.4) is 0 Å². The van der Waals surface area contributed by atoms with Crippen LogP contribution in [0.2, 0.25) is 0 Å². The van der Waals surface area contributed by atoms with Crippen LogP contribution in [0.4, 0.5) is 0 Å². The molecule has 0 aromatic rings. The molecule has 0 aromatic carbocycles. The minimum absolute atomic E-state index is 0.988. The van der Waals surface area contributed by atoms with E-state index in [-0.39, 0.29) is 0 Å². The molecule has 2 nitrogen and oxygen atoms in total. The summed E-state index contributed by atoms with van der Waals surface area (Å²) in [5.41, 5.74) is 0. The van der Waals surface area contributed by atoms with Crippen molar-refractivity contribution in [3.05, 3.63) is 0 Å². The predicted octanol–water partition coefficient (Wildman–Crippen LogP) is 0.196. The van der Waals surface area contributed by atoms with E-state index in [4.69, 9.17) is 0 Å². The molecule has 2 unspecified atom stereocenters. The first kappa shape index (κ1) is 2.99.